The molecule has 2 heterocycles. The molecule has 1 saturated heterocycles. The highest BCUT2D eigenvalue weighted by Gasteiger charge is 2.29. The normalized spacial score (nSPS) is 15.0. The van der Waals surface area contributed by atoms with Gasteiger partial charge in [0.2, 0.25) is 0 Å². The quantitative estimate of drug-likeness (QED) is 0.427. The second-order valence-corrected chi connectivity index (χ2v) is 9.18. The van der Waals surface area contributed by atoms with Crippen LogP contribution in [-0.2, 0) is 0 Å². The highest BCUT2D eigenvalue weighted by atomic mass is 16.2. The number of rotatable bonds is 5. The molecule has 1 aliphatic heterocycles. The van der Waals surface area contributed by atoms with E-state index in [4.69, 9.17) is 5.73 Å². The summed E-state index contributed by atoms with van der Waals surface area (Å²) in [6.45, 7) is 3.07. The van der Waals surface area contributed by atoms with E-state index in [-0.39, 0.29) is 23.7 Å². The van der Waals surface area contributed by atoms with Gasteiger partial charge in [0.15, 0.2) is 0 Å². The van der Waals surface area contributed by atoms with E-state index >= 15 is 0 Å². The minimum Gasteiger partial charge on any atom is -0.383 e. The third kappa shape index (κ3) is 4.98. The molecule has 0 radical (unpaired) electrons. The number of aryl methyl sites for hydroxylation is 1. The fraction of sp³-hybridized carbons (Fsp3) is 0.167. The maximum absolute atomic E-state index is 13.1. The van der Waals surface area contributed by atoms with E-state index in [2.05, 4.69) is 10.3 Å². The van der Waals surface area contributed by atoms with E-state index < -0.39 is 0 Å². The topological polar surface area (TPSA) is 88.3 Å². The zero-order valence-electron chi connectivity index (χ0n) is 20.1. The smallest absolute Gasteiger partial charge is 0.255 e. The fourth-order valence-electron chi connectivity index (χ4n) is 4.51. The van der Waals surface area contributed by atoms with E-state index in [1.165, 1.54) is 0 Å². The Bertz CT molecular complexity index is 1380. The second kappa shape index (κ2) is 10.0. The first-order chi connectivity index (χ1) is 17.5. The van der Waals surface area contributed by atoms with Crippen LogP contribution in [0.5, 0.6) is 0 Å². The van der Waals surface area contributed by atoms with Crippen molar-refractivity contribution in [3.63, 3.8) is 0 Å². The van der Waals surface area contributed by atoms with E-state index in [9.17, 15) is 9.59 Å². The van der Waals surface area contributed by atoms with Gasteiger partial charge in [0.1, 0.15) is 5.82 Å². The van der Waals surface area contributed by atoms with Gasteiger partial charge in [-0.1, -0.05) is 72.3 Å². The fourth-order valence-corrected chi connectivity index (χ4v) is 4.51. The highest BCUT2D eigenvalue weighted by molar-refractivity contribution is 6.00. The number of likely N-dealkylation sites (tertiary alicyclic amines) is 1. The molecular weight excluding hydrogens is 448 g/mol. The molecule has 1 fully saturated rings. The van der Waals surface area contributed by atoms with Gasteiger partial charge >= 0.3 is 0 Å². The van der Waals surface area contributed by atoms with Crippen molar-refractivity contribution < 1.29 is 9.59 Å². The van der Waals surface area contributed by atoms with Gasteiger partial charge in [0.05, 0.1) is 5.56 Å². The molecule has 1 aliphatic rings. The van der Waals surface area contributed by atoms with Crippen molar-refractivity contribution >= 4 is 17.6 Å². The molecule has 0 spiro atoms. The lowest BCUT2D eigenvalue weighted by Crippen LogP contribution is -2.38. The van der Waals surface area contributed by atoms with Crippen LogP contribution in [-0.4, -0.2) is 40.8 Å². The summed E-state index contributed by atoms with van der Waals surface area (Å²) in [6.07, 6.45) is 2.36. The van der Waals surface area contributed by atoms with Crippen molar-refractivity contribution in [1.82, 2.24) is 15.2 Å². The predicted octanol–water partition coefficient (Wildman–Crippen LogP) is 4.95. The lowest BCUT2D eigenvalue weighted by molar-refractivity contribution is 0.0783. The Morgan fingerprint density at radius 2 is 1.53 bits per heavy atom. The molecule has 0 saturated carbocycles. The Labute approximate surface area is 210 Å². The number of aromatic nitrogens is 1. The van der Waals surface area contributed by atoms with Crippen LogP contribution < -0.4 is 11.1 Å². The van der Waals surface area contributed by atoms with E-state index in [1.54, 1.807) is 17.2 Å². The lowest BCUT2D eigenvalue weighted by Gasteiger charge is -2.18. The molecule has 6 heteroatoms. The summed E-state index contributed by atoms with van der Waals surface area (Å²) in [6, 6.07) is 27.4. The van der Waals surface area contributed by atoms with Crippen LogP contribution in [0.1, 0.15) is 32.7 Å². The van der Waals surface area contributed by atoms with E-state index in [1.807, 2.05) is 85.8 Å². The minimum atomic E-state index is -0.277. The molecule has 4 aromatic rings. The number of carbonyl (C=O) groups is 2. The Morgan fingerprint density at radius 1 is 0.889 bits per heavy atom. The van der Waals surface area contributed by atoms with Crippen LogP contribution in [0.25, 0.3) is 22.3 Å². The average molecular weight is 477 g/mol. The van der Waals surface area contributed by atoms with Crippen molar-refractivity contribution in [2.75, 3.05) is 18.8 Å². The SMILES string of the molecule is Cc1ccc(-c2cnc(N)c(C(=O)N[C@@H]3CCN(C(=O)c4ccc(-c5ccccc5)cc4)C3)c2)cc1. The number of nitrogens with one attached hydrogen (secondary N) is 1. The monoisotopic (exact) mass is 476 g/mol. The first kappa shape index (κ1) is 23.3. The van der Waals surface area contributed by atoms with Crippen molar-refractivity contribution in [2.45, 2.75) is 19.4 Å². The summed E-state index contributed by atoms with van der Waals surface area (Å²) in [4.78, 5) is 32.1. The molecule has 3 N–H and O–H groups in total. The number of benzene rings is 3. The number of hydrogen-bond acceptors (Lipinski definition) is 4. The summed E-state index contributed by atoms with van der Waals surface area (Å²) < 4.78 is 0. The summed E-state index contributed by atoms with van der Waals surface area (Å²) in [5.41, 5.74) is 12.2. The van der Waals surface area contributed by atoms with Gasteiger partial charge in [-0.2, -0.15) is 0 Å². The van der Waals surface area contributed by atoms with Crippen LogP contribution in [0.2, 0.25) is 0 Å². The number of hydrogen-bond donors (Lipinski definition) is 2. The number of nitrogens with zero attached hydrogens (tertiary/aromatic N) is 2. The van der Waals surface area contributed by atoms with Gasteiger partial charge in [-0.05, 0) is 48.2 Å². The van der Waals surface area contributed by atoms with Gasteiger partial charge in [0, 0.05) is 36.5 Å². The standard InChI is InChI=1S/C30H28N4O2/c1-20-7-9-23(10-8-20)25-17-27(28(31)32-18-25)29(35)33-26-15-16-34(19-26)30(36)24-13-11-22(12-14-24)21-5-3-2-4-6-21/h2-14,17-18,26H,15-16,19H2,1H3,(H2,31,32)(H,33,35)/t26-/m1/s1. The zero-order valence-corrected chi connectivity index (χ0v) is 20.1. The number of amides is 2. The minimum absolute atomic E-state index is 0.0334. The second-order valence-electron chi connectivity index (χ2n) is 9.18. The zero-order chi connectivity index (χ0) is 25.1. The lowest BCUT2D eigenvalue weighted by atomic mass is 10.0. The van der Waals surface area contributed by atoms with Crippen molar-refractivity contribution in [1.29, 1.82) is 0 Å². The largest absolute Gasteiger partial charge is 0.383 e. The Balaban J connectivity index is 1.23. The van der Waals surface area contributed by atoms with Gasteiger partial charge in [-0.3, -0.25) is 9.59 Å². The number of pyridine rings is 1. The summed E-state index contributed by atoms with van der Waals surface area (Å²) in [7, 11) is 0. The molecule has 6 nitrogen and oxygen atoms in total. The van der Waals surface area contributed by atoms with Crippen LogP contribution in [0, 0.1) is 6.92 Å². The van der Waals surface area contributed by atoms with Crippen LogP contribution in [0.15, 0.2) is 91.1 Å². The molecule has 0 bridgehead atoms. The summed E-state index contributed by atoms with van der Waals surface area (Å²) in [5, 5.41) is 3.04. The molecular formula is C30H28N4O2. The molecule has 1 atom stereocenters. The number of anilines is 1. The third-order valence-corrected chi connectivity index (χ3v) is 6.60. The van der Waals surface area contributed by atoms with Gasteiger partial charge in [-0.25, -0.2) is 4.98 Å². The van der Waals surface area contributed by atoms with Crippen molar-refractivity contribution in [2.24, 2.45) is 0 Å². The first-order valence-electron chi connectivity index (χ1n) is 12.1. The van der Waals surface area contributed by atoms with Crippen molar-refractivity contribution in [3.8, 4) is 22.3 Å². The van der Waals surface area contributed by atoms with Gasteiger partial charge in [0.25, 0.3) is 11.8 Å². The molecule has 0 unspecified atom stereocenters. The molecule has 1 aromatic heterocycles. The summed E-state index contributed by atoms with van der Waals surface area (Å²) in [5.74, 6) is -0.123. The van der Waals surface area contributed by atoms with E-state index in [0.717, 1.165) is 27.8 Å². The Hall–Kier alpha value is -4.45. The predicted molar refractivity (Wildman–Crippen MR) is 142 cm³/mol. The van der Waals surface area contributed by atoms with Crippen LogP contribution in [0.4, 0.5) is 5.82 Å². The molecule has 3 aromatic carbocycles. The van der Waals surface area contributed by atoms with Gasteiger partial charge in [-0.15, -0.1) is 0 Å². The first-order valence-corrected chi connectivity index (χ1v) is 12.1. The number of nitrogen functional groups attached to an aromatic ring is 1. The molecule has 180 valence electrons. The maximum Gasteiger partial charge on any atom is 0.255 e. The summed E-state index contributed by atoms with van der Waals surface area (Å²) >= 11 is 0. The molecule has 0 aliphatic carbocycles. The Morgan fingerprint density at radius 3 is 2.25 bits per heavy atom. The van der Waals surface area contributed by atoms with Crippen LogP contribution in [0.3, 0.4) is 0 Å². The average Bonchev–Trinajstić information content (AvgIpc) is 3.38. The molecule has 2 amide bonds. The maximum atomic E-state index is 13.1. The van der Waals surface area contributed by atoms with Crippen molar-refractivity contribution in [3.05, 3.63) is 108 Å². The third-order valence-electron chi connectivity index (χ3n) is 6.60. The number of carbonyl (C=O) groups excluding carboxylic acids is 2. The van der Waals surface area contributed by atoms with E-state index in [0.29, 0.717) is 30.6 Å². The molecule has 36 heavy (non-hydrogen) atoms. The number of nitrogens with two attached hydrogens (primary N) is 1. The van der Waals surface area contributed by atoms with Gasteiger partial charge < -0.3 is 16.0 Å². The Kier molecular flexibility index (Phi) is 6.50. The molecule has 5 rings (SSSR count). The van der Waals surface area contributed by atoms with Crippen LogP contribution >= 0.6 is 0 Å². The highest BCUT2D eigenvalue weighted by Crippen LogP contribution is 2.24.